The lowest BCUT2D eigenvalue weighted by molar-refractivity contribution is 0.731. The molecule has 0 saturated heterocycles. The molecule has 0 amide bonds. The number of rotatable bonds is 2. The fraction of sp³-hybridized carbons (Fsp3) is 0.143. The molecule has 0 radical (unpaired) electrons. The molecule has 0 aliphatic heterocycles. The minimum atomic E-state index is -0.248. The molecule has 0 spiro atoms. The van der Waals surface area contributed by atoms with Crippen molar-refractivity contribution in [2.75, 3.05) is 0 Å². The predicted molar refractivity (Wildman–Crippen MR) is 74.2 cm³/mol. The monoisotopic (exact) mass is 302 g/mol. The second-order valence-electron chi connectivity index (χ2n) is 3.78. The molecular weight excluding hydrogens is 292 g/mol. The second-order valence-corrected chi connectivity index (χ2v) is 4.64. The largest absolute Gasteiger partial charge is 0.306 e. The van der Waals surface area contributed by atoms with Crippen molar-refractivity contribution in [1.82, 2.24) is 4.57 Å². The summed E-state index contributed by atoms with van der Waals surface area (Å²) in [5, 5.41) is 8.94. The maximum absolute atomic E-state index is 12.1. The summed E-state index contributed by atoms with van der Waals surface area (Å²) < 4.78 is 2.37. The van der Waals surface area contributed by atoms with Crippen molar-refractivity contribution in [2.24, 2.45) is 0 Å². The highest BCUT2D eigenvalue weighted by Crippen LogP contribution is 2.27. The Bertz CT molecular complexity index is 669. The number of nitriles is 1. The van der Waals surface area contributed by atoms with E-state index >= 15 is 0 Å². The van der Waals surface area contributed by atoms with Crippen molar-refractivity contribution in [3.63, 3.8) is 0 Å². The fourth-order valence-electron chi connectivity index (χ4n) is 1.90. The van der Waals surface area contributed by atoms with Gasteiger partial charge in [0.25, 0.3) is 5.56 Å². The van der Waals surface area contributed by atoms with Gasteiger partial charge in [0.1, 0.15) is 11.6 Å². The van der Waals surface area contributed by atoms with Crippen LogP contribution in [0.2, 0.25) is 0 Å². The normalized spacial score (nSPS) is 10.1. The molecule has 18 heavy (non-hydrogen) atoms. The van der Waals surface area contributed by atoms with Gasteiger partial charge >= 0.3 is 0 Å². The van der Waals surface area contributed by atoms with Crippen LogP contribution in [0.3, 0.4) is 0 Å². The molecule has 0 atom stereocenters. The van der Waals surface area contributed by atoms with Crippen LogP contribution in [0.25, 0.3) is 11.3 Å². The van der Waals surface area contributed by atoms with Crippen LogP contribution in [-0.4, -0.2) is 4.57 Å². The van der Waals surface area contributed by atoms with E-state index in [0.29, 0.717) is 6.54 Å². The standard InChI is InChI=1S/C14H11BrN2O/c1-2-17-13(10-6-4-3-5-7-10)12(15)8-11(9-16)14(17)18/h3-8H,2H2,1H3. The van der Waals surface area contributed by atoms with E-state index in [1.165, 1.54) is 0 Å². The molecule has 0 fully saturated rings. The Hall–Kier alpha value is -1.86. The van der Waals surface area contributed by atoms with Crippen LogP contribution in [-0.2, 0) is 6.54 Å². The maximum Gasteiger partial charge on any atom is 0.269 e. The van der Waals surface area contributed by atoms with Crippen LogP contribution in [0.5, 0.6) is 0 Å². The van der Waals surface area contributed by atoms with E-state index in [9.17, 15) is 4.79 Å². The van der Waals surface area contributed by atoms with E-state index in [4.69, 9.17) is 5.26 Å². The van der Waals surface area contributed by atoms with E-state index in [0.717, 1.165) is 15.7 Å². The first-order chi connectivity index (χ1) is 8.69. The molecule has 2 rings (SSSR count). The Morgan fingerprint density at radius 2 is 2.00 bits per heavy atom. The van der Waals surface area contributed by atoms with Crippen LogP contribution in [0.4, 0.5) is 0 Å². The van der Waals surface area contributed by atoms with Crippen LogP contribution < -0.4 is 5.56 Å². The SMILES string of the molecule is CCn1c(-c2ccccc2)c(Br)cc(C#N)c1=O. The van der Waals surface area contributed by atoms with Gasteiger partial charge in [-0.25, -0.2) is 0 Å². The third-order valence-corrected chi connectivity index (χ3v) is 3.33. The zero-order chi connectivity index (χ0) is 13.1. The van der Waals surface area contributed by atoms with E-state index < -0.39 is 0 Å². The van der Waals surface area contributed by atoms with E-state index in [1.54, 1.807) is 10.6 Å². The molecule has 1 heterocycles. The zero-order valence-electron chi connectivity index (χ0n) is 9.85. The first kappa shape index (κ1) is 12.6. The van der Waals surface area contributed by atoms with Crippen molar-refractivity contribution in [3.8, 4) is 17.3 Å². The number of halogens is 1. The summed E-state index contributed by atoms with van der Waals surface area (Å²) in [5.41, 5.74) is 1.67. The minimum absolute atomic E-state index is 0.156. The van der Waals surface area contributed by atoms with Crippen LogP contribution in [0, 0.1) is 11.3 Å². The summed E-state index contributed by atoms with van der Waals surface area (Å²) >= 11 is 3.44. The van der Waals surface area contributed by atoms with Crippen LogP contribution >= 0.6 is 15.9 Å². The molecule has 3 nitrogen and oxygen atoms in total. The third kappa shape index (κ3) is 2.09. The lowest BCUT2D eigenvalue weighted by Gasteiger charge is -2.13. The van der Waals surface area contributed by atoms with Gasteiger partial charge in [-0.05, 0) is 34.5 Å². The van der Waals surface area contributed by atoms with Crippen molar-refractivity contribution >= 4 is 15.9 Å². The zero-order valence-corrected chi connectivity index (χ0v) is 11.4. The van der Waals surface area contributed by atoms with Gasteiger partial charge in [-0.1, -0.05) is 30.3 Å². The summed E-state index contributed by atoms with van der Waals surface area (Å²) in [6.07, 6.45) is 0. The predicted octanol–water partition coefficient (Wildman–Crippen LogP) is 3.17. The molecule has 0 aliphatic carbocycles. The van der Waals surface area contributed by atoms with Gasteiger partial charge in [0.15, 0.2) is 0 Å². The van der Waals surface area contributed by atoms with Gasteiger partial charge in [-0.2, -0.15) is 5.26 Å². The molecule has 0 unspecified atom stereocenters. The molecule has 4 heteroatoms. The van der Waals surface area contributed by atoms with Gasteiger partial charge in [-0.15, -0.1) is 0 Å². The van der Waals surface area contributed by atoms with E-state index in [-0.39, 0.29) is 11.1 Å². The highest BCUT2D eigenvalue weighted by molar-refractivity contribution is 9.10. The van der Waals surface area contributed by atoms with Gasteiger partial charge in [0.05, 0.1) is 5.69 Å². The number of hydrogen-bond acceptors (Lipinski definition) is 2. The molecule has 0 saturated carbocycles. The lowest BCUT2D eigenvalue weighted by Crippen LogP contribution is -2.23. The van der Waals surface area contributed by atoms with Gasteiger partial charge in [-0.3, -0.25) is 4.79 Å². The molecule has 2 aromatic rings. The summed E-state index contributed by atoms with van der Waals surface area (Å²) in [6, 6.07) is 13.2. The number of benzene rings is 1. The van der Waals surface area contributed by atoms with Crippen LogP contribution in [0.1, 0.15) is 12.5 Å². The lowest BCUT2D eigenvalue weighted by atomic mass is 10.1. The van der Waals surface area contributed by atoms with E-state index in [1.807, 2.05) is 43.3 Å². The minimum Gasteiger partial charge on any atom is -0.306 e. The molecule has 1 aromatic heterocycles. The first-order valence-corrected chi connectivity index (χ1v) is 6.37. The second kappa shape index (κ2) is 5.19. The molecule has 0 N–H and O–H groups in total. The third-order valence-electron chi connectivity index (χ3n) is 2.73. The summed E-state index contributed by atoms with van der Waals surface area (Å²) in [4.78, 5) is 12.1. The highest BCUT2D eigenvalue weighted by atomic mass is 79.9. The fourth-order valence-corrected chi connectivity index (χ4v) is 2.58. The smallest absolute Gasteiger partial charge is 0.269 e. The Morgan fingerprint density at radius 3 is 2.56 bits per heavy atom. The van der Waals surface area contributed by atoms with Crippen molar-refractivity contribution in [1.29, 1.82) is 5.26 Å². The van der Waals surface area contributed by atoms with E-state index in [2.05, 4.69) is 15.9 Å². The number of hydrogen-bond donors (Lipinski definition) is 0. The van der Waals surface area contributed by atoms with Gasteiger partial charge < -0.3 is 4.57 Å². The molecule has 1 aromatic carbocycles. The van der Waals surface area contributed by atoms with Gasteiger partial charge in [0.2, 0.25) is 0 Å². The first-order valence-electron chi connectivity index (χ1n) is 5.58. The highest BCUT2D eigenvalue weighted by Gasteiger charge is 2.13. The van der Waals surface area contributed by atoms with Crippen LogP contribution in [0.15, 0.2) is 45.7 Å². The Kier molecular flexibility index (Phi) is 3.63. The maximum atomic E-state index is 12.1. The van der Waals surface area contributed by atoms with Crippen molar-refractivity contribution in [2.45, 2.75) is 13.5 Å². The summed E-state index contributed by atoms with van der Waals surface area (Å²) in [5.74, 6) is 0. The topological polar surface area (TPSA) is 45.8 Å². The van der Waals surface area contributed by atoms with Crippen molar-refractivity contribution in [3.05, 3.63) is 56.8 Å². The summed E-state index contributed by atoms with van der Waals surface area (Å²) in [6.45, 7) is 2.42. The number of aromatic nitrogens is 1. The Balaban J connectivity index is 2.81. The molecule has 0 bridgehead atoms. The Morgan fingerprint density at radius 1 is 1.33 bits per heavy atom. The van der Waals surface area contributed by atoms with Gasteiger partial charge in [0, 0.05) is 11.0 Å². The molecule has 0 aliphatic rings. The number of nitrogens with zero attached hydrogens (tertiary/aromatic N) is 2. The Labute approximate surface area is 113 Å². The average molecular weight is 303 g/mol. The quantitative estimate of drug-likeness (QED) is 0.855. The molecular formula is C14H11BrN2O. The van der Waals surface area contributed by atoms with Crippen molar-refractivity contribution < 1.29 is 0 Å². The molecule has 90 valence electrons. The summed E-state index contributed by atoms with van der Waals surface area (Å²) in [7, 11) is 0. The number of pyridine rings is 1. The average Bonchev–Trinajstić information content (AvgIpc) is 2.41.